The quantitative estimate of drug-likeness (QED) is 0.908. The molecule has 1 heterocycles. The van der Waals surface area contributed by atoms with Crippen molar-refractivity contribution in [2.45, 2.75) is 19.9 Å². The molecule has 0 unspecified atom stereocenters. The third kappa shape index (κ3) is 2.22. The lowest BCUT2D eigenvalue weighted by Crippen LogP contribution is -2.11. The summed E-state index contributed by atoms with van der Waals surface area (Å²) < 4.78 is 20.3. The van der Waals surface area contributed by atoms with Gasteiger partial charge in [0.2, 0.25) is 0 Å². The van der Waals surface area contributed by atoms with Gasteiger partial charge in [-0.3, -0.25) is 0 Å². The van der Waals surface area contributed by atoms with Crippen LogP contribution in [0.5, 0.6) is 5.75 Å². The molecule has 0 aliphatic rings. The lowest BCUT2D eigenvalue weighted by molar-refractivity contribution is 0.414. The monoisotopic (exact) mass is 249 g/mol. The molecule has 96 valence electrons. The van der Waals surface area contributed by atoms with Crippen molar-refractivity contribution in [1.82, 2.24) is 9.78 Å². The van der Waals surface area contributed by atoms with Gasteiger partial charge in [0.25, 0.3) is 0 Å². The number of hydrogen-bond acceptors (Lipinski definition) is 3. The Hall–Kier alpha value is -1.88. The van der Waals surface area contributed by atoms with Crippen LogP contribution in [0.2, 0.25) is 0 Å². The molecule has 2 N–H and O–H groups in total. The first-order chi connectivity index (χ1) is 8.52. The van der Waals surface area contributed by atoms with E-state index < -0.39 is 0 Å². The number of aryl methyl sites for hydroxylation is 1. The number of hydrogen-bond donors (Lipinski definition) is 1. The highest BCUT2D eigenvalue weighted by atomic mass is 19.1. The molecule has 0 aliphatic carbocycles. The molecule has 1 atom stereocenters. The van der Waals surface area contributed by atoms with Crippen molar-refractivity contribution >= 4 is 0 Å². The zero-order valence-corrected chi connectivity index (χ0v) is 10.6. The molecule has 0 saturated heterocycles. The topological polar surface area (TPSA) is 53.1 Å². The molecule has 0 saturated carbocycles. The molecule has 5 heteroatoms. The highest BCUT2D eigenvalue weighted by Crippen LogP contribution is 2.24. The molecule has 1 aromatic heterocycles. The number of nitrogens with two attached hydrogens (primary N) is 1. The van der Waals surface area contributed by atoms with E-state index in [9.17, 15) is 4.39 Å². The molecular formula is C13H16FN3O. The van der Waals surface area contributed by atoms with E-state index in [2.05, 4.69) is 5.10 Å². The van der Waals surface area contributed by atoms with E-state index in [1.807, 2.05) is 6.92 Å². The van der Waals surface area contributed by atoms with Crippen molar-refractivity contribution in [3.8, 4) is 11.4 Å². The Bertz CT molecular complexity index is 563. The van der Waals surface area contributed by atoms with E-state index in [4.69, 9.17) is 10.5 Å². The number of nitrogens with zero attached hydrogens (tertiary/aromatic N) is 2. The van der Waals surface area contributed by atoms with Crippen molar-refractivity contribution in [3.05, 3.63) is 41.5 Å². The van der Waals surface area contributed by atoms with Gasteiger partial charge in [0, 0.05) is 6.04 Å². The Morgan fingerprint density at radius 2 is 2.17 bits per heavy atom. The Morgan fingerprint density at radius 3 is 2.72 bits per heavy atom. The molecule has 4 nitrogen and oxygen atoms in total. The summed E-state index contributed by atoms with van der Waals surface area (Å²) in [6.45, 7) is 3.53. The van der Waals surface area contributed by atoms with Gasteiger partial charge in [-0.25, -0.2) is 9.07 Å². The van der Waals surface area contributed by atoms with Crippen molar-refractivity contribution < 1.29 is 9.13 Å². The van der Waals surface area contributed by atoms with Gasteiger partial charge in [0.15, 0.2) is 5.75 Å². The molecule has 18 heavy (non-hydrogen) atoms. The smallest absolute Gasteiger partial charge is 0.157 e. The van der Waals surface area contributed by atoms with Crippen LogP contribution in [0.3, 0.4) is 0 Å². The molecule has 0 bridgehead atoms. The van der Waals surface area contributed by atoms with Crippen LogP contribution in [0, 0.1) is 12.7 Å². The lowest BCUT2D eigenvalue weighted by atomic mass is 10.0. The molecule has 0 aliphatic heterocycles. The largest absolute Gasteiger partial charge is 0.493 e. The van der Waals surface area contributed by atoms with E-state index in [0.29, 0.717) is 16.9 Å². The van der Waals surface area contributed by atoms with Gasteiger partial charge in [-0.05, 0) is 37.1 Å². The van der Waals surface area contributed by atoms with Crippen LogP contribution in [0.4, 0.5) is 4.39 Å². The molecule has 0 spiro atoms. The van der Waals surface area contributed by atoms with Crippen LogP contribution in [0.15, 0.2) is 24.5 Å². The summed E-state index contributed by atoms with van der Waals surface area (Å²) in [5, 5.41) is 4.18. The first-order valence-electron chi connectivity index (χ1n) is 5.67. The van der Waals surface area contributed by atoms with Crippen LogP contribution < -0.4 is 10.5 Å². The maximum Gasteiger partial charge on any atom is 0.157 e. The predicted molar refractivity (Wildman–Crippen MR) is 67.4 cm³/mol. The minimum atomic E-state index is -0.273. The number of aromatic nitrogens is 2. The fraction of sp³-hybridized carbons (Fsp3) is 0.308. The lowest BCUT2D eigenvalue weighted by Gasteiger charge is -2.14. The fourth-order valence-corrected chi connectivity index (χ4v) is 1.79. The second-order valence-corrected chi connectivity index (χ2v) is 4.27. The summed E-state index contributed by atoms with van der Waals surface area (Å²) in [6.07, 6.45) is 3.34. The molecule has 1 aromatic carbocycles. The average Bonchev–Trinajstić information content (AvgIpc) is 2.80. The third-order valence-electron chi connectivity index (χ3n) is 2.84. The van der Waals surface area contributed by atoms with E-state index in [0.717, 1.165) is 5.69 Å². The Labute approximate surface area is 105 Å². The van der Waals surface area contributed by atoms with Crippen LogP contribution in [0.25, 0.3) is 5.69 Å². The average molecular weight is 249 g/mol. The minimum absolute atomic E-state index is 0.259. The third-order valence-corrected chi connectivity index (χ3v) is 2.84. The highest BCUT2D eigenvalue weighted by molar-refractivity contribution is 5.46. The maximum atomic E-state index is 13.6. The molecular weight excluding hydrogens is 233 g/mol. The van der Waals surface area contributed by atoms with E-state index in [1.54, 1.807) is 37.2 Å². The van der Waals surface area contributed by atoms with Gasteiger partial charge in [-0.1, -0.05) is 0 Å². The van der Waals surface area contributed by atoms with Gasteiger partial charge < -0.3 is 10.5 Å². The number of ether oxygens (including phenoxy) is 1. The van der Waals surface area contributed by atoms with Crippen LogP contribution in [-0.2, 0) is 0 Å². The number of methoxy groups -OCH3 is 1. The van der Waals surface area contributed by atoms with Crippen molar-refractivity contribution in [2.24, 2.45) is 5.73 Å². The van der Waals surface area contributed by atoms with Crippen molar-refractivity contribution in [1.29, 1.82) is 0 Å². The van der Waals surface area contributed by atoms with E-state index in [-0.39, 0.29) is 11.9 Å². The summed E-state index contributed by atoms with van der Waals surface area (Å²) in [5.41, 5.74) is 7.91. The van der Waals surface area contributed by atoms with Crippen LogP contribution >= 0.6 is 0 Å². The summed E-state index contributed by atoms with van der Waals surface area (Å²) in [5.74, 6) is 0.387. The van der Waals surface area contributed by atoms with Crippen LogP contribution in [-0.4, -0.2) is 16.9 Å². The van der Waals surface area contributed by atoms with Gasteiger partial charge >= 0.3 is 0 Å². The van der Waals surface area contributed by atoms with Crippen LogP contribution in [0.1, 0.15) is 24.1 Å². The second-order valence-electron chi connectivity index (χ2n) is 4.27. The summed E-state index contributed by atoms with van der Waals surface area (Å²) in [4.78, 5) is 0. The molecule has 0 fully saturated rings. The second kappa shape index (κ2) is 4.78. The van der Waals surface area contributed by atoms with E-state index >= 15 is 0 Å². The summed E-state index contributed by atoms with van der Waals surface area (Å²) >= 11 is 0. The fourth-order valence-electron chi connectivity index (χ4n) is 1.79. The predicted octanol–water partition coefficient (Wildman–Crippen LogP) is 2.35. The number of rotatable bonds is 3. The summed E-state index contributed by atoms with van der Waals surface area (Å²) in [6, 6.07) is 2.93. The van der Waals surface area contributed by atoms with Gasteiger partial charge in [-0.15, -0.1) is 0 Å². The minimum Gasteiger partial charge on any atom is -0.493 e. The van der Waals surface area contributed by atoms with Crippen molar-refractivity contribution in [3.63, 3.8) is 0 Å². The summed E-state index contributed by atoms with van der Waals surface area (Å²) in [7, 11) is 1.57. The number of halogens is 1. The van der Waals surface area contributed by atoms with Crippen molar-refractivity contribution in [2.75, 3.05) is 7.11 Å². The SMILES string of the molecule is COc1cnn(-c2cc(C)c(F)cc2[C@H](C)N)c1. The maximum absolute atomic E-state index is 13.6. The van der Waals surface area contributed by atoms with Gasteiger partial charge in [0.1, 0.15) is 5.82 Å². The normalized spacial score (nSPS) is 12.5. The van der Waals surface area contributed by atoms with Gasteiger partial charge in [0.05, 0.1) is 25.2 Å². The molecule has 2 aromatic rings. The van der Waals surface area contributed by atoms with E-state index in [1.165, 1.54) is 6.07 Å². The molecule has 0 radical (unpaired) electrons. The Kier molecular flexibility index (Phi) is 3.34. The zero-order chi connectivity index (χ0) is 13.3. The first-order valence-corrected chi connectivity index (χ1v) is 5.67. The Balaban J connectivity index is 2.58. The van der Waals surface area contributed by atoms with Gasteiger partial charge in [-0.2, -0.15) is 5.10 Å². The molecule has 0 amide bonds. The Morgan fingerprint density at radius 1 is 1.44 bits per heavy atom. The number of benzene rings is 1. The zero-order valence-electron chi connectivity index (χ0n) is 10.6. The standard InChI is InChI=1S/C13H16FN3O/c1-8-4-13(11(9(2)15)5-12(8)14)17-7-10(18-3)6-16-17/h4-7,9H,15H2,1-3H3/t9-/m0/s1. The molecule has 2 rings (SSSR count). The highest BCUT2D eigenvalue weighted by Gasteiger charge is 2.13. The first kappa shape index (κ1) is 12.6.